The van der Waals surface area contributed by atoms with Gasteiger partial charge in [0.1, 0.15) is 5.15 Å². The van der Waals surface area contributed by atoms with Gasteiger partial charge in [-0.15, -0.1) is 0 Å². The summed E-state index contributed by atoms with van der Waals surface area (Å²) in [5.74, 6) is 0.308. The zero-order valence-electron chi connectivity index (χ0n) is 22.1. The van der Waals surface area contributed by atoms with Crippen LogP contribution in [0.2, 0.25) is 15.2 Å². The lowest BCUT2D eigenvalue weighted by Crippen LogP contribution is -2.48. The lowest BCUT2D eigenvalue weighted by Gasteiger charge is -2.37. The Kier molecular flexibility index (Phi) is 10.1. The highest BCUT2D eigenvalue weighted by Crippen LogP contribution is 2.40. The van der Waals surface area contributed by atoms with E-state index in [1.165, 1.54) is 12.0 Å². The number of carbonyl (C=O) groups is 2. The van der Waals surface area contributed by atoms with Crippen LogP contribution in [0.4, 0.5) is 4.79 Å². The van der Waals surface area contributed by atoms with E-state index in [-0.39, 0.29) is 23.6 Å². The van der Waals surface area contributed by atoms with E-state index in [2.05, 4.69) is 9.97 Å². The molecule has 40 heavy (non-hydrogen) atoms. The molecule has 212 valence electrons. The van der Waals surface area contributed by atoms with Crippen molar-refractivity contribution in [3.8, 4) is 28.3 Å². The van der Waals surface area contributed by atoms with E-state index >= 15 is 0 Å². The molecular weight excluding hydrogens is 579 g/mol. The second-order valence-electron chi connectivity index (χ2n) is 9.26. The number of hydrogen-bond donors (Lipinski definition) is 1. The summed E-state index contributed by atoms with van der Waals surface area (Å²) in [6.07, 6.45) is 1.92. The summed E-state index contributed by atoms with van der Waals surface area (Å²) in [6.45, 7) is 1.44. The Morgan fingerprint density at radius 1 is 1.02 bits per heavy atom. The first-order chi connectivity index (χ1) is 19.2. The van der Waals surface area contributed by atoms with Crippen molar-refractivity contribution in [2.75, 3.05) is 33.9 Å². The molecule has 4 rings (SSSR count). The predicted octanol–water partition coefficient (Wildman–Crippen LogP) is 6.29. The number of carbonyl (C=O) groups excluding carboxylic acids is 1. The van der Waals surface area contributed by atoms with Gasteiger partial charge in [0.15, 0.2) is 0 Å². The van der Waals surface area contributed by atoms with E-state index in [0.29, 0.717) is 82.8 Å². The monoisotopic (exact) mass is 606 g/mol. The number of benzene rings is 1. The third-order valence-electron chi connectivity index (χ3n) is 6.91. The van der Waals surface area contributed by atoms with E-state index in [1.807, 2.05) is 18.2 Å². The quantitative estimate of drug-likeness (QED) is 0.285. The van der Waals surface area contributed by atoms with E-state index in [9.17, 15) is 14.7 Å². The zero-order valence-corrected chi connectivity index (χ0v) is 24.3. The summed E-state index contributed by atoms with van der Waals surface area (Å²) in [5.41, 5.74) is 3.12. The molecule has 3 heterocycles. The second-order valence-corrected chi connectivity index (χ2v) is 10.4. The van der Waals surface area contributed by atoms with Crippen molar-refractivity contribution < 1.29 is 24.2 Å². The van der Waals surface area contributed by atoms with Gasteiger partial charge in [0, 0.05) is 54.7 Å². The average molecular weight is 608 g/mol. The number of pyridine rings is 2. The molecule has 12 heteroatoms. The molecule has 1 saturated heterocycles. The Morgan fingerprint density at radius 3 is 2.40 bits per heavy atom. The van der Waals surface area contributed by atoms with E-state index in [1.54, 1.807) is 36.4 Å². The van der Waals surface area contributed by atoms with Crippen molar-refractivity contribution in [1.82, 2.24) is 19.8 Å². The van der Waals surface area contributed by atoms with Gasteiger partial charge < -0.3 is 24.4 Å². The largest absolute Gasteiger partial charge is 0.481 e. The summed E-state index contributed by atoms with van der Waals surface area (Å²) in [6, 6.07) is 10.6. The van der Waals surface area contributed by atoms with Crippen LogP contribution in [0.1, 0.15) is 24.8 Å². The van der Waals surface area contributed by atoms with E-state index < -0.39 is 6.09 Å². The molecule has 1 N–H and O–H groups in total. The molecule has 1 aliphatic rings. The normalized spacial score (nSPS) is 13.8. The Morgan fingerprint density at radius 2 is 1.73 bits per heavy atom. The third-order valence-corrected chi connectivity index (χ3v) is 8.08. The molecule has 0 saturated carbocycles. The maximum absolute atomic E-state index is 12.3. The zero-order chi connectivity index (χ0) is 28.8. The molecular formula is C28H29Cl3N4O5. The average Bonchev–Trinajstić information content (AvgIpc) is 2.96. The minimum absolute atomic E-state index is 0.0145. The highest BCUT2D eigenvalue weighted by atomic mass is 35.5. The van der Waals surface area contributed by atoms with Crippen LogP contribution in [0, 0.1) is 0 Å². The number of ether oxygens (including phenoxy) is 2. The predicted molar refractivity (Wildman–Crippen MR) is 154 cm³/mol. The van der Waals surface area contributed by atoms with Crippen LogP contribution >= 0.6 is 34.8 Å². The van der Waals surface area contributed by atoms with Crippen LogP contribution in [-0.2, 0) is 16.1 Å². The van der Waals surface area contributed by atoms with Crippen molar-refractivity contribution in [2.24, 2.45) is 0 Å². The topological polar surface area (TPSA) is 105 Å². The number of methoxy groups -OCH3 is 2. The van der Waals surface area contributed by atoms with E-state index in [0.717, 1.165) is 0 Å². The van der Waals surface area contributed by atoms with Gasteiger partial charge in [0.25, 0.3) is 0 Å². The molecule has 2 amide bonds. The number of nitrogens with zero attached hydrogens (tertiary/aromatic N) is 4. The number of amides is 2. The molecule has 1 fully saturated rings. The molecule has 1 aliphatic heterocycles. The smallest absolute Gasteiger partial charge is 0.407 e. The minimum atomic E-state index is -1.04. The lowest BCUT2D eigenvalue weighted by molar-refractivity contribution is -0.133. The molecule has 2 aromatic heterocycles. The van der Waals surface area contributed by atoms with Gasteiger partial charge in [0.2, 0.25) is 11.8 Å². The summed E-state index contributed by atoms with van der Waals surface area (Å²) >= 11 is 19.3. The highest BCUT2D eigenvalue weighted by molar-refractivity contribution is 6.43. The van der Waals surface area contributed by atoms with Gasteiger partial charge in [0.05, 0.1) is 42.4 Å². The second kappa shape index (κ2) is 13.5. The number of carboxylic acid groups (broad SMARTS) is 1. The first kappa shape index (κ1) is 29.9. The van der Waals surface area contributed by atoms with Crippen LogP contribution < -0.4 is 4.74 Å². The fourth-order valence-electron chi connectivity index (χ4n) is 4.79. The molecule has 0 unspecified atom stereocenters. The molecule has 0 radical (unpaired) electrons. The molecule has 9 nitrogen and oxygen atoms in total. The summed E-state index contributed by atoms with van der Waals surface area (Å²) in [5, 5.41) is 10.9. The Balaban J connectivity index is 1.55. The maximum Gasteiger partial charge on any atom is 0.407 e. The fourth-order valence-corrected chi connectivity index (χ4v) is 5.49. The number of halogens is 3. The van der Waals surface area contributed by atoms with Crippen LogP contribution in [-0.4, -0.2) is 76.8 Å². The SMILES string of the molecule is COCCC(=O)N1CCC(N(Cc2ccc(-c3cccc(-c4ccnc(Cl)c4Cl)c3Cl)nc2OC)C(=O)O)CC1. The van der Waals surface area contributed by atoms with Gasteiger partial charge >= 0.3 is 6.09 Å². The first-order valence-electron chi connectivity index (χ1n) is 12.6. The maximum atomic E-state index is 12.3. The molecule has 0 aliphatic carbocycles. The Hall–Kier alpha value is -3.11. The number of hydrogen-bond acceptors (Lipinski definition) is 6. The van der Waals surface area contributed by atoms with Gasteiger partial charge in [-0.3, -0.25) is 4.79 Å². The van der Waals surface area contributed by atoms with Crippen molar-refractivity contribution in [3.05, 3.63) is 63.4 Å². The van der Waals surface area contributed by atoms with Gasteiger partial charge in [-0.05, 0) is 31.0 Å². The minimum Gasteiger partial charge on any atom is -0.481 e. The molecule has 1 aromatic carbocycles. The van der Waals surface area contributed by atoms with Crippen molar-refractivity contribution in [3.63, 3.8) is 0 Å². The number of likely N-dealkylation sites (tertiary alicyclic amines) is 1. The molecule has 0 bridgehead atoms. The van der Waals surface area contributed by atoms with Gasteiger partial charge in [-0.2, -0.15) is 0 Å². The third kappa shape index (κ3) is 6.61. The van der Waals surface area contributed by atoms with Crippen molar-refractivity contribution in [2.45, 2.75) is 31.8 Å². The van der Waals surface area contributed by atoms with Crippen molar-refractivity contribution >= 4 is 46.8 Å². The van der Waals surface area contributed by atoms with Crippen LogP contribution in [0.3, 0.4) is 0 Å². The van der Waals surface area contributed by atoms with Crippen LogP contribution in [0.5, 0.6) is 5.88 Å². The Labute approximate surface area is 247 Å². The van der Waals surface area contributed by atoms with Crippen LogP contribution in [0.15, 0.2) is 42.6 Å². The highest BCUT2D eigenvalue weighted by Gasteiger charge is 2.30. The van der Waals surface area contributed by atoms with Crippen molar-refractivity contribution in [1.29, 1.82) is 0 Å². The summed E-state index contributed by atoms with van der Waals surface area (Å²) in [7, 11) is 3.04. The first-order valence-corrected chi connectivity index (χ1v) is 13.8. The fraction of sp³-hybridized carbons (Fsp3) is 0.357. The number of rotatable bonds is 9. The molecule has 0 atom stereocenters. The number of aromatic nitrogens is 2. The van der Waals surface area contributed by atoms with Gasteiger partial charge in [-0.25, -0.2) is 14.8 Å². The summed E-state index contributed by atoms with van der Waals surface area (Å²) < 4.78 is 10.6. The van der Waals surface area contributed by atoms with Crippen LogP contribution in [0.25, 0.3) is 22.4 Å². The molecule has 3 aromatic rings. The van der Waals surface area contributed by atoms with Gasteiger partial charge in [-0.1, -0.05) is 53.0 Å². The number of piperidine rings is 1. The standard InChI is InChI=1S/C28H29Cl3N4O5/c1-39-15-11-23(36)34-13-9-18(10-14-34)35(28(37)38)16-17-6-7-22(33-27(17)40-2)21-5-3-4-19(24(21)29)20-8-12-32-26(31)25(20)30/h3-8,12,18H,9-11,13-16H2,1-2H3,(H,37,38). The lowest BCUT2D eigenvalue weighted by atomic mass is 10.0. The molecule has 0 spiro atoms. The van der Waals surface area contributed by atoms with E-state index in [4.69, 9.17) is 44.3 Å². The summed E-state index contributed by atoms with van der Waals surface area (Å²) in [4.78, 5) is 36.4. The Bertz CT molecular complexity index is 1380.